The lowest BCUT2D eigenvalue weighted by Gasteiger charge is -2.12. The molecular formula is C16H27IN4O2. The molecule has 0 spiro atoms. The number of hydrogen-bond donors (Lipinski definition) is 3. The minimum atomic E-state index is -0.0529. The fourth-order valence-electron chi connectivity index (χ4n) is 1.86. The van der Waals surface area contributed by atoms with E-state index in [1.165, 1.54) is 0 Å². The molecule has 1 amide bonds. The van der Waals surface area contributed by atoms with Gasteiger partial charge >= 0.3 is 0 Å². The first-order valence-electron chi connectivity index (χ1n) is 7.70. The number of carbonyl (C=O) groups excluding carboxylic acids is 1. The van der Waals surface area contributed by atoms with Crippen molar-refractivity contribution in [1.82, 2.24) is 16.0 Å². The molecule has 130 valence electrons. The van der Waals surface area contributed by atoms with Crippen molar-refractivity contribution in [2.45, 2.75) is 27.3 Å². The van der Waals surface area contributed by atoms with Crippen molar-refractivity contribution in [3.63, 3.8) is 0 Å². The van der Waals surface area contributed by atoms with Crippen molar-refractivity contribution in [2.24, 2.45) is 4.99 Å². The number of halogens is 1. The zero-order valence-corrected chi connectivity index (χ0v) is 16.3. The Morgan fingerprint density at radius 2 is 1.78 bits per heavy atom. The third kappa shape index (κ3) is 8.63. The zero-order valence-electron chi connectivity index (χ0n) is 14.0. The fraction of sp³-hybridized carbons (Fsp3) is 0.500. The van der Waals surface area contributed by atoms with E-state index in [0.717, 1.165) is 17.9 Å². The van der Waals surface area contributed by atoms with E-state index < -0.39 is 0 Å². The van der Waals surface area contributed by atoms with Crippen LogP contribution in [-0.2, 0) is 11.3 Å². The Morgan fingerprint density at radius 1 is 1.09 bits per heavy atom. The molecule has 1 aromatic rings. The van der Waals surface area contributed by atoms with Gasteiger partial charge in [-0.2, -0.15) is 0 Å². The highest BCUT2D eigenvalue weighted by atomic mass is 127. The average Bonchev–Trinajstić information content (AvgIpc) is 2.52. The number of guanidine groups is 1. The molecule has 0 bridgehead atoms. The summed E-state index contributed by atoms with van der Waals surface area (Å²) in [6.07, 6.45) is 0. The maximum atomic E-state index is 11.5. The van der Waals surface area contributed by atoms with Crippen molar-refractivity contribution in [3.05, 3.63) is 29.8 Å². The summed E-state index contributed by atoms with van der Waals surface area (Å²) in [7, 11) is 0. The number of likely N-dealkylation sites (N-methyl/N-ethyl adjacent to an activating group) is 1. The number of amides is 1. The van der Waals surface area contributed by atoms with Gasteiger partial charge in [0.2, 0.25) is 5.91 Å². The van der Waals surface area contributed by atoms with E-state index in [9.17, 15) is 4.79 Å². The molecule has 23 heavy (non-hydrogen) atoms. The number of nitrogens with one attached hydrogen (secondary N) is 3. The molecule has 3 N–H and O–H groups in total. The summed E-state index contributed by atoms with van der Waals surface area (Å²) < 4.78 is 5.59. The summed E-state index contributed by atoms with van der Waals surface area (Å²) in [6, 6.07) is 7.82. The molecule has 0 aliphatic rings. The van der Waals surface area contributed by atoms with Gasteiger partial charge in [-0.25, -0.2) is 4.99 Å². The van der Waals surface area contributed by atoms with E-state index in [0.29, 0.717) is 25.7 Å². The third-order valence-electron chi connectivity index (χ3n) is 2.81. The smallest absolute Gasteiger partial charge is 0.239 e. The molecule has 0 radical (unpaired) electrons. The van der Waals surface area contributed by atoms with E-state index in [4.69, 9.17) is 4.74 Å². The minimum Gasteiger partial charge on any atom is -0.494 e. The number of hydrogen-bond acceptors (Lipinski definition) is 3. The number of aliphatic imine (C=N–C) groups is 1. The summed E-state index contributed by atoms with van der Waals surface area (Å²) in [5.41, 5.74) is 1.01. The number of ether oxygens (including phenoxy) is 1. The minimum absolute atomic E-state index is 0. The normalized spacial score (nSPS) is 10.5. The van der Waals surface area contributed by atoms with Crippen molar-refractivity contribution in [1.29, 1.82) is 0 Å². The molecule has 7 heteroatoms. The van der Waals surface area contributed by atoms with Crippen LogP contribution in [0.25, 0.3) is 0 Å². The first kappa shape index (κ1) is 21.5. The summed E-state index contributed by atoms with van der Waals surface area (Å²) in [5.74, 6) is 1.40. The van der Waals surface area contributed by atoms with Crippen LogP contribution in [0.3, 0.4) is 0 Å². The summed E-state index contributed by atoms with van der Waals surface area (Å²) in [5, 5.41) is 8.87. The number of nitrogens with zero attached hydrogens (tertiary/aromatic N) is 1. The predicted molar refractivity (Wildman–Crippen MR) is 105 cm³/mol. The Bertz CT molecular complexity index is 495. The van der Waals surface area contributed by atoms with Crippen LogP contribution < -0.4 is 20.7 Å². The van der Waals surface area contributed by atoms with Gasteiger partial charge in [-0.15, -0.1) is 24.0 Å². The lowest BCUT2D eigenvalue weighted by atomic mass is 10.2. The fourth-order valence-corrected chi connectivity index (χ4v) is 1.86. The van der Waals surface area contributed by atoms with Gasteiger partial charge in [0.1, 0.15) is 5.75 Å². The second-order valence-corrected chi connectivity index (χ2v) is 4.54. The molecule has 0 saturated carbocycles. The molecule has 6 nitrogen and oxygen atoms in total. The van der Waals surface area contributed by atoms with Gasteiger partial charge in [0.05, 0.1) is 19.7 Å². The molecule has 0 unspecified atom stereocenters. The Balaban J connectivity index is 0.00000484. The molecule has 0 aliphatic heterocycles. The summed E-state index contributed by atoms with van der Waals surface area (Å²) in [6.45, 7) is 8.49. The second kappa shape index (κ2) is 13.0. The van der Waals surface area contributed by atoms with Gasteiger partial charge in [-0.1, -0.05) is 18.2 Å². The highest BCUT2D eigenvalue weighted by Gasteiger charge is 2.04. The number of carbonyl (C=O) groups is 1. The van der Waals surface area contributed by atoms with Crippen LogP contribution in [-0.4, -0.2) is 38.1 Å². The van der Waals surface area contributed by atoms with Gasteiger partial charge in [-0.05, 0) is 26.8 Å². The molecule has 0 heterocycles. The van der Waals surface area contributed by atoms with Crippen LogP contribution in [0, 0.1) is 0 Å². The van der Waals surface area contributed by atoms with E-state index in [2.05, 4.69) is 20.9 Å². The molecule has 0 saturated heterocycles. The summed E-state index contributed by atoms with van der Waals surface area (Å²) in [4.78, 5) is 16.0. The first-order valence-corrected chi connectivity index (χ1v) is 7.70. The highest BCUT2D eigenvalue weighted by Crippen LogP contribution is 2.18. The maximum Gasteiger partial charge on any atom is 0.239 e. The van der Waals surface area contributed by atoms with Crippen molar-refractivity contribution < 1.29 is 9.53 Å². The van der Waals surface area contributed by atoms with Gasteiger partial charge in [0.15, 0.2) is 5.96 Å². The Kier molecular flexibility index (Phi) is 12.1. The Morgan fingerprint density at radius 3 is 2.43 bits per heavy atom. The Labute approximate surface area is 155 Å². The second-order valence-electron chi connectivity index (χ2n) is 4.54. The lowest BCUT2D eigenvalue weighted by molar-refractivity contribution is -0.119. The molecule has 0 aromatic heterocycles. The summed E-state index contributed by atoms with van der Waals surface area (Å²) >= 11 is 0. The number of benzene rings is 1. The average molecular weight is 434 g/mol. The first-order chi connectivity index (χ1) is 10.7. The van der Waals surface area contributed by atoms with Crippen LogP contribution >= 0.6 is 24.0 Å². The largest absolute Gasteiger partial charge is 0.494 e. The molecule has 0 aliphatic carbocycles. The highest BCUT2D eigenvalue weighted by molar-refractivity contribution is 14.0. The molecule has 1 aromatic carbocycles. The van der Waals surface area contributed by atoms with Crippen LogP contribution in [0.4, 0.5) is 0 Å². The van der Waals surface area contributed by atoms with Crippen molar-refractivity contribution in [2.75, 3.05) is 26.2 Å². The molecular weight excluding hydrogens is 407 g/mol. The number of para-hydroxylation sites is 1. The molecule has 1 rings (SSSR count). The van der Waals surface area contributed by atoms with Crippen molar-refractivity contribution >= 4 is 35.8 Å². The number of rotatable bonds is 8. The monoisotopic (exact) mass is 434 g/mol. The molecule has 0 atom stereocenters. The van der Waals surface area contributed by atoms with E-state index >= 15 is 0 Å². The van der Waals surface area contributed by atoms with Gasteiger partial charge in [0.25, 0.3) is 0 Å². The van der Waals surface area contributed by atoms with E-state index in [1.807, 2.05) is 45.0 Å². The third-order valence-corrected chi connectivity index (χ3v) is 2.81. The maximum absolute atomic E-state index is 11.5. The standard InChI is InChI=1S/C16H26N4O2.HI/c1-4-17-15(21)12-20-16(18-5-2)19-11-13-9-7-8-10-14(13)22-6-3;/h7-10H,4-6,11-12H2,1-3H3,(H,17,21)(H2,18,19,20);1H. The molecule has 0 fully saturated rings. The van der Waals surface area contributed by atoms with E-state index in [1.54, 1.807) is 0 Å². The quantitative estimate of drug-likeness (QED) is 0.332. The lowest BCUT2D eigenvalue weighted by Crippen LogP contribution is -2.43. The van der Waals surface area contributed by atoms with Crippen LogP contribution in [0.5, 0.6) is 5.75 Å². The van der Waals surface area contributed by atoms with Gasteiger partial charge in [0, 0.05) is 18.7 Å². The van der Waals surface area contributed by atoms with Gasteiger partial charge < -0.3 is 20.7 Å². The topological polar surface area (TPSA) is 74.8 Å². The predicted octanol–water partition coefficient (Wildman–Crippen LogP) is 1.89. The van der Waals surface area contributed by atoms with Gasteiger partial charge in [-0.3, -0.25) is 4.79 Å². The SMILES string of the molecule is CCNC(=O)CNC(=NCc1ccccc1OCC)NCC.I. The van der Waals surface area contributed by atoms with E-state index in [-0.39, 0.29) is 36.4 Å². The van der Waals surface area contributed by atoms with Crippen LogP contribution in [0.1, 0.15) is 26.3 Å². The van der Waals surface area contributed by atoms with Crippen LogP contribution in [0.2, 0.25) is 0 Å². The van der Waals surface area contributed by atoms with Crippen LogP contribution in [0.15, 0.2) is 29.3 Å². The zero-order chi connectivity index (χ0) is 16.2. The Hall–Kier alpha value is -1.51. The van der Waals surface area contributed by atoms with Crippen molar-refractivity contribution in [3.8, 4) is 5.75 Å².